The zero-order chi connectivity index (χ0) is 14.7. The van der Waals surface area contributed by atoms with Gasteiger partial charge in [0.2, 0.25) is 0 Å². The lowest BCUT2D eigenvalue weighted by Gasteiger charge is -2.19. The second-order valence-electron chi connectivity index (χ2n) is 5.02. The third-order valence-corrected chi connectivity index (χ3v) is 3.44. The van der Waals surface area contributed by atoms with Gasteiger partial charge < -0.3 is 0 Å². The third-order valence-electron chi connectivity index (χ3n) is 3.44. The van der Waals surface area contributed by atoms with E-state index in [9.17, 15) is 8.78 Å². The fraction of sp³-hybridized carbons (Fsp3) is 0.250. The molecule has 0 saturated carbocycles. The highest BCUT2D eigenvalue weighted by Gasteiger charge is 2.16. The van der Waals surface area contributed by atoms with Crippen LogP contribution in [0.25, 0.3) is 0 Å². The summed E-state index contributed by atoms with van der Waals surface area (Å²) in [5.41, 5.74) is 6.17. The van der Waals surface area contributed by atoms with Crippen molar-refractivity contribution in [2.75, 3.05) is 0 Å². The summed E-state index contributed by atoms with van der Waals surface area (Å²) in [6, 6.07) is 9.22. The van der Waals surface area contributed by atoms with E-state index in [1.807, 2.05) is 32.0 Å². The number of benzene rings is 2. The SMILES string of the molecule is Cc1ccc(C)c(C(Cc2cc(F)ccc2F)NN)c1. The number of nitrogens with one attached hydrogen (secondary N) is 1. The largest absolute Gasteiger partial charge is 0.271 e. The Labute approximate surface area is 117 Å². The number of aryl methyl sites for hydroxylation is 2. The Morgan fingerprint density at radius 1 is 1.10 bits per heavy atom. The summed E-state index contributed by atoms with van der Waals surface area (Å²) in [4.78, 5) is 0. The van der Waals surface area contributed by atoms with Gasteiger partial charge in [0.1, 0.15) is 11.6 Å². The first-order valence-electron chi connectivity index (χ1n) is 6.48. The predicted octanol–water partition coefficient (Wildman–Crippen LogP) is 3.33. The number of hydrazine groups is 1. The number of nitrogens with two attached hydrogens (primary N) is 1. The van der Waals surface area contributed by atoms with Gasteiger partial charge in [0.15, 0.2) is 0 Å². The Morgan fingerprint density at radius 3 is 2.55 bits per heavy atom. The number of hydrogen-bond acceptors (Lipinski definition) is 2. The van der Waals surface area contributed by atoms with Crippen LogP contribution in [0.5, 0.6) is 0 Å². The van der Waals surface area contributed by atoms with E-state index < -0.39 is 11.6 Å². The minimum Gasteiger partial charge on any atom is -0.271 e. The summed E-state index contributed by atoms with van der Waals surface area (Å²) in [5, 5.41) is 0. The van der Waals surface area contributed by atoms with Gasteiger partial charge in [0, 0.05) is 0 Å². The molecule has 0 amide bonds. The van der Waals surface area contributed by atoms with Crippen LogP contribution in [0.3, 0.4) is 0 Å². The van der Waals surface area contributed by atoms with Crippen LogP contribution in [0.2, 0.25) is 0 Å². The molecule has 0 saturated heterocycles. The van der Waals surface area contributed by atoms with Crippen LogP contribution in [-0.4, -0.2) is 0 Å². The van der Waals surface area contributed by atoms with Crippen LogP contribution in [-0.2, 0) is 6.42 Å². The molecule has 0 heterocycles. The highest BCUT2D eigenvalue weighted by molar-refractivity contribution is 5.34. The highest BCUT2D eigenvalue weighted by Crippen LogP contribution is 2.24. The van der Waals surface area contributed by atoms with Crippen LogP contribution in [0.1, 0.15) is 28.3 Å². The van der Waals surface area contributed by atoms with E-state index in [1.165, 1.54) is 6.07 Å². The Hall–Kier alpha value is -1.78. The molecule has 1 unspecified atom stereocenters. The second kappa shape index (κ2) is 6.11. The van der Waals surface area contributed by atoms with Crippen molar-refractivity contribution in [1.29, 1.82) is 0 Å². The first-order chi connectivity index (χ1) is 9.51. The molecule has 0 bridgehead atoms. The Kier molecular flexibility index (Phi) is 4.47. The average Bonchev–Trinajstić information content (AvgIpc) is 2.42. The molecule has 0 spiro atoms. The molecular formula is C16H18F2N2. The summed E-state index contributed by atoms with van der Waals surface area (Å²) < 4.78 is 27.0. The minimum absolute atomic E-state index is 0.258. The van der Waals surface area contributed by atoms with Crippen LogP contribution >= 0.6 is 0 Å². The van der Waals surface area contributed by atoms with Gasteiger partial charge in [-0.15, -0.1) is 0 Å². The summed E-state index contributed by atoms with van der Waals surface area (Å²) in [7, 11) is 0. The van der Waals surface area contributed by atoms with Crippen LogP contribution in [0.15, 0.2) is 36.4 Å². The molecule has 0 aliphatic heterocycles. The third kappa shape index (κ3) is 3.21. The average molecular weight is 276 g/mol. The molecule has 3 N–H and O–H groups in total. The first kappa shape index (κ1) is 14.6. The number of hydrogen-bond donors (Lipinski definition) is 2. The molecule has 106 valence electrons. The van der Waals surface area contributed by atoms with Crippen molar-refractivity contribution in [3.8, 4) is 0 Å². The molecule has 2 aromatic rings. The molecule has 0 aromatic heterocycles. The standard InChI is InChI=1S/C16H18F2N2/c1-10-3-4-11(2)14(7-10)16(20-19)9-12-8-13(17)5-6-15(12)18/h3-8,16,20H,9,19H2,1-2H3. The van der Waals surface area contributed by atoms with Crippen molar-refractivity contribution in [2.24, 2.45) is 5.84 Å². The molecule has 2 aromatic carbocycles. The highest BCUT2D eigenvalue weighted by atomic mass is 19.1. The summed E-state index contributed by atoms with van der Waals surface area (Å²) in [5.74, 6) is 4.73. The number of halogens is 2. The lowest BCUT2D eigenvalue weighted by Crippen LogP contribution is -2.30. The van der Waals surface area contributed by atoms with Crippen molar-refractivity contribution in [3.63, 3.8) is 0 Å². The normalized spacial score (nSPS) is 12.4. The Balaban J connectivity index is 2.33. The lowest BCUT2D eigenvalue weighted by molar-refractivity contribution is 0.521. The zero-order valence-electron chi connectivity index (χ0n) is 11.6. The predicted molar refractivity (Wildman–Crippen MR) is 76.0 cm³/mol. The van der Waals surface area contributed by atoms with Crippen LogP contribution in [0.4, 0.5) is 8.78 Å². The maximum Gasteiger partial charge on any atom is 0.126 e. The van der Waals surface area contributed by atoms with Gasteiger partial charge in [0.05, 0.1) is 6.04 Å². The van der Waals surface area contributed by atoms with E-state index in [0.29, 0.717) is 12.0 Å². The van der Waals surface area contributed by atoms with Gasteiger partial charge in [-0.25, -0.2) is 8.78 Å². The van der Waals surface area contributed by atoms with Crippen molar-refractivity contribution in [3.05, 3.63) is 70.3 Å². The van der Waals surface area contributed by atoms with Crippen molar-refractivity contribution in [2.45, 2.75) is 26.3 Å². The van der Waals surface area contributed by atoms with Crippen LogP contribution < -0.4 is 11.3 Å². The van der Waals surface area contributed by atoms with Crippen LogP contribution in [0, 0.1) is 25.5 Å². The maximum atomic E-state index is 13.7. The molecule has 4 heteroatoms. The second-order valence-corrected chi connectivity index (χ2v) is 5.02. The minimum atomic E-state index is -0.446. The monoisotopic (exact) mass is 276 g/mol. The fourth-order valence-corrected chi connectivity index (χ4v) is 2.31. The van der Waals surface area contributed by atoms with Crippen molar-refractivity contribution < 1.29 is 8.78 Å². The molecule has 0 aliphatic rings. The fourth-order valence-electron chi connectivity index (χ4n) is 2.31. The summed E-state index contributed by atoms with van der Waals surface area (Å²) >= 11 is 0. The van der Waals surface area contributed by atoms with Gasteiger partial charge in [-0.3, -0.25) is 11.3 Å². The van der Waals surface area contributed by atoms with E-state index >= 15 is 0 Å². The maximum absolute atomic E-state index is 13.7. The van der Waals surface area contributed by atoms with E-state index in [2.05, 4.69) is 5.43 Å². The van der Waals surface area contributed by atoms with Gasteiger partial charge in [0.25, 0.3) is 0 Å². The number of rotatable bonds is 4. The molecule has 0 radical (unpaired) electrons. The topological polar surface area (TPSA) is 38.0 Å². The van der Waals surface area contributed by atoms with E-state index in [-0.39, 0.29) is 6.04 Å². The molecule has 2 nitrogen and oxygen atoms in total. The van der Waals surface area contributed by atoms with Gasteiger partial charge in [-0.05, 0) is 55.2 Å². The van der Waals surface area contributed by atoms with Gasteiger partial charge in [-0.1, -0.05) is 23.8 Å². The molecule has 0 fully saturated rings. The Morgan fingerprint density at radius 2 is 1.85 bits per heavy atom. The Bertz CT molecular complexity index is 611. The lowest BCUT2D eigenvalue weighted by atomic mass is 9.94. The summed E-state index contributed by atoms with van der Waals surface area (Å²) in [6.07, 6.45) is 0.296. The van der Waals surface area contributed by atoms with Crippen molar-refractivity contribution in [1.82, 2.24) is 5.43 Å². The van der Waals surface area contributed by atoms with E-state index in [1.54, 1.807) is 0 Å². The summed E-state index contributed by atoms with van der Waals surface area (Å²) in [6.45, 7) is 3.96. The van der Waals surface area contributed by atoms with E-state index in [0.717, 1.165) is 28.8 Å². The molecule has 2 rings (SSSR count). The molecular weight excluding hydrogens is 258 g/mol. The zero-order valence-corrected chi connectivity index (χ0v) is 11.6. The smallest absolute Gasteiger partial charge is 0.126 e. The van der Waals surface area contributed by atoms with Crippen molar-refractivity contribution >= 4 is 0 Å². The van der Waals surface area contributed by atoms with Gasteiger partial charge in [-0.2, -0.15) is 0 Å². The van der Waals surface area contributed by atoms with E-state index in [4.69, 9.17) is 5.84 Å². The quantitative estimate of drug-likeness (QED) is 0.664. The molecule has 20 heavy (non-hydrogen) atoms. The molecule has 1 atom stereocenters. The van der Waals surface area contributed by atoms with Gasteiger partial charge >= 0.3 is 0 Å². The molecule has 0 aliphatic carbocycles. The first-order valence-corrected chi connectivity index (χ1v) is 6.48.